The minimum Gasteiger partial charge on any atom is -0.381 e. The van der Waals surface area contributed by atoms with Gasteiger partial charge in [-0.1, -0.05) is 19.0 Å². The molecule has 2 atom stereocenters. The first kappa shape index (κ1) is 12.5. The second-order valence-electron chi connectivity index (χ2n) is 5.22. The highest BCUT2D eigenvalue weighted by Gasteiger charge is 2.38. The van der Waals surface area contributed by atoms with Crippen LogP contribution in [0.5, 0.6) is 0 Å². The van der Waals surface area contributed by atoms with E-state index in [2.05, 4.69) is 10.1 Å². The number of nitrogens with two attached hydrogens (primary N) is 1. The molecule has 2 unspecified atom stereocenters. The van der Waals surface area contributed by atoms with E-state index in [1.807, 2.05) is 13.8 Å². The molecule has 0 aliphatic heterocycles. The Morgan fingerprint density at radius 2 is 2.29 bits per heavy atom. The summed E-state index contributed by atoms with van der Waals surface area (Å²) in [5.41, 5.74) is 5.90. The quantitative estimate of drug-likeness (QED) is 0.872. The maximum absolute atomic E-state index is 6.39. The lowest BCUT2D eigenvalue weighted by Gasteiger charge is -2.34. The predicted octanol–water partition coefficient (Wildman–Crippen LogP) is 1.94. The van der Waals surface area contributed by atoms with Crippen molar-refractivity contribution in [1.29, 1.82) is 0 Å². The van der Waals surface area contributed by atoms with Gasteiger partial charge in [0.1, 0.15) is 0 Å². The summed E-state index contributed by atoms with van der Waals surface area (Å²) in [7, 11) is 1.73. The van der Waals surface area contributed by atoms with Crippen LogP contribution in [0.4, 0.5) is 0 Å². The van der Waals surface area contributed by atoms with Crippen LogP contribution in [0.15, 0.2) is 4.52 Å². The molecule has 5 heteroatoms. The molecule has 5 nitrogen and oxygen atoms in total. The Bertz CT molecular complexity index is 378. The van der Waals surface area contributed by atoms with E-state index in [0.29, 0.717) is 11.7 Å². The molecule has 0 radical (unpaired) electrons. The van der Waals surface area contributed by atoms with Crippen molar-refractivity contribution < 1.29 is 9.26 Å². The predicted molar refractivity (Wildman–Crippen MR) is 63.5 cm³/mol. The summed E-state index contributed by atoms with van der Waals surface area (Å²) in [4.78, 5) is 4.42. The lowest BCUT2D eigenvalue weighted by molar-refractivity contribution is 0.0379. The van der Waals surface area contributed by atoms with E-state index in [-0.39, 0.29) is 12.0 Å². The average Bonchev–Trinajstić information content (AvgIpc) is 2.79. The lowest BCUT2D eigenvalue weighted by Crippen LogP contribution is -2.44. The van der Waals surface area contributed by atoms with Crippen LogP contribution < -0.4 is 5.73 Å². The molecule has 1 aliphatic carbocycles. The molecule has 1 aliphatic rings. The first-order valence-electron chi connectivity index (χ1n) is 6.21. The van der Waals surface area contributed by atoms with Crippen LogP contribution in [0.2, 0.25) is 0 Å². The number of rotatable bonds is 3. The summed E-state index contributed by atoms with van der Waals surface area (Å²) < 4.78 is 10.6. The first-order chi connectivity index (χ1) is 8.05. The Morgan fingerprint density at radius 3 is 2.88 bits per heavy atom. The molecule has 0 spiro atoms. The molecule has 96 valence electrons. The number of hydrogen-bond donors (Lipinski definition) is 1. The molecule has 0 bridgehead atoms. The summed E-state index contributed by atoms with van der Waals surface area (Å²) in [5, 5.41) is 4.03. The van der Waals surface area contributed by atoms with Gasteiger partial charge in [0.2, 0.25) is 5.89 Å². The van der Waals surface area contributed by atoms with Crippen LogP contribution in [0.3, 0.4) is 0 Å². The van der Waals surface area contributed by atoms with Crippen molar-refractivity contribution >= 4 is 0 Å². The average molecular weight is 239 g/mol. The Morgan fingerprint density at radius 1 is 1.53 bits per heavy atom. The molecular formula is C12H21N3O2. The largest absolute Gasteiger partial charge is 0.381 e. The van der Waals surface area contributed by atoms with Gasteiger partial charge >= 0.3 is 0 Å². The third kappa shape index (κ3) is 2.50. The highest BCUT2D eigenvalue weighted by molar-refractivity contribution is 5.07. The molecule has 2 N–H and O–H groups in total. The Labute approximate surface area is 102 Å². The number of methoxy groups -OCH3 is 1. The van der Waals surface area contributed by atoms with Crippen molar-refractivity contribution in [2.75, 3.05) is 7.11 Å². The van der Waals surface area contributed by atoms with Gasteiger partial charge in [0.05, 0.1) is 11.6 Å². The molecule has 1 aromatic heterocycles. The van der Waals surface area contributed by atoms with Gasteiger partial charge < -0.3 is 15.0 Å². The summed E-state index contributed by atoms with van der Waals surface area (Å²) in [6.45, 7) is 4.05. The van der Waals surface area contributed by atoms with Crippen molar-refractivity contribution in [2.24, 2.45) is 5.73 Å². The summed E-state index contributed by atoms with van der Waals surface area (Å²) in [6, 6.07) is 0. The fourth-order valence-electron chi connectivity index (χ4n) is 2.33. The van der Waals surface area contributed by atoms with Crippen molar-refractivity contribution in [2.45, 2.75) is 57.1 Å². The number of aromatic nitrogens is 2. The van der Waals surface area contributed by atoms with Crippen molar-refractivity contribution in [3.05, 3.63) is 11.7 Å². The van der Waals surface area contributed by atoms with Crippen LogP contribution in [0, 0.1) is 0 Å². The fourth-order valence-corrected chi connectivity index (χ4v) is 2.33. The molecule has 1 aromatic rings. The summed E-state index contributed by atoms with van der Waals surface area (Å²) in [5.74, 6) is 1.52. The summed E-state index contributed by atoms with van der Waals surface area (Å²) in [6.07, 6.45) is 3.96. The number of hydrogen-bond acceptors (Lipinski definition) is 5. The molecule has 0 aromatic carbocycles. The van der Waals surface area contributed by atoms with Crippen LogP contribution in [-0.4, -0.2) is 23.4 Å². The maximum Gasteiger partial charge on any atom is 0.229 e. The maximum atomic E-state index is 6.39. The Kier molecular flexibility index (Phi) is 3.49. The van der Waals surface area contributed by atoms with Crippen LogP contribution in [0.25, 0.3) is 0 Å². The van der Waals surface area contributed by atoms with Gasteiger partial charge in [-0.2, -0.15) is 4.98 Å². The van der Waals surface area contributed by atoms with E-state index < -0.39 is 5.54 Å². The first-order valence-corrected chi connectivity index (χ1v) is 6.21. The van der Waals surface area contributed by atoms with Crippen LogP contribution in [-0.2, 0) is 10.3 Å². The minimum absolute atomic E-state index is 0.203. The molecule has 0 amide bonds. The molecule has 2 rings (SSSR count). The van der Waals surface area contributed by atoms with Crippen LogP contribution >= 0.6 is 0 Å². The van der Waals surface area contributed by atoms with Gasteiger partial charge in [-0.3, -0.25) is 0 Å². The smallest absolute Gasteiger partial charge is 0.229 e. The van der Waals surface area contributed by atoms with Crippen molar-refractivity contribution in [3.8, 4) is 0 Å². The third-order valence-electron chi connectivity index (χ3n) is 3.46. The van der Waals surface area contributed by atoms with Crippen molar-refractivity contribution in [1.82, 2.24) is 10.1 Å². The number of ether oxygens (including phenoxy) is 1. The molecule has 1 heterocycles. The second-order valence-corrected chi connectivity index (χ2v) is 5.22. The lowest BCUT2D eigenvalue weighted by atomic mass is 9.80. The van der Waals surface area contributed by atoms with E-state index >= 15 is 0 Å². The van der Waals surface area contributed by atoms with E-state index in [0.717, 1.165) is 25.7 Å². The monoisotopic (exact) mass is 239 g/mol. The van der Waals surface area contributed by atoms with Crippen LogP contribution in [0.1, 0.15) is 57.2 Å². The van der Waals surface area contributed by atoms with E-state index in [1.165, 1.54) is 0 Å². The summed E-state index contributed by atoms with van der Waals surface area (Å²) >= 11 is 0. The van der Waals surface area contributed by atoms with E-state index in [9.17, 15) is 0 Å². The standard InChI is InChI=1S/C12H21N3O2/c1-8(2)10-14-11(15-17-10)12(13)6-4-5-9(7-12)16-3/h8-9H,4-7,13H2,1-3H3. The molecular weight excluding hydrogens is 218 g/mol. The second kappa shape index (κ2) is 4.74. The van der Waals surface area contributed by atoms with Gasteiger partial charge in [-0.15, -0.1) is 0 Å². The van der Waals surface area contributed by atoms with E-state index in [4.69, 9.17) is 15.0 Å². The normalized spacial score (nSPS) is 29.8. The van der Waals surface area contributed by atoms with E-state index in [1.54, 1.807) is 7.11 Å². The molecule has 0 saturated heterocycles. The minimum atomic E-state index is -0.491. The fraction of sp³-hybridized carbons (Fsp3) is 0.833. The zero-order valence-corrected chi connectivity index (χ0v) is 10.8. The highest BCUT2D eigenvalue weighted by Crippen LogP contribution is 2.34. The van der Waals surface area contributed by atoms with Gasteiger partial charge in [-0.25, -0.2) is 0 Å². The highest BCUT2D eigenvalue weighted by atomic mass is 16.5. The zero-order valence-electron chi connectivity index (χ0n) is 10.8. The number of nitrogens with zero attached hydrogens (tertiary/aromatic N) is 2. The molecule has 17 heavy (non-hydrogen) atoms. The topological polar surface area (TPSA) is 74.2 Å². The zero-order chi connectivity index (χ0) is 12.5. The van der Waals surface area contributed by atoms with Gasteiger partial charge in [0, 0.05) is 13.0 Å². The SMILES string of the molecule is COC1CCCC(N)(c2noc(C(C)C)n2)C1. The Balaban J connectivity index is 2.18. The van der Waals surface area contributed by atoms with Crippen molar-refractivity contribution in [3.63, 3.8) is 0 Å². The third-order valence-corrected chi connectivity index (χ3v) is 3.46. The van der Waals surface area contributed by atoms with Gasteiger partial charge in [0.15, 0.2) is 5.82 Å². The van der Waals surface area contributed by atoms with Gasteiger partial charge in [-0.05, 0) is 25.7 Å². The molecule has 1 saturated carbocycles. The Hall–Kier alpha value is -0.940. The molecule has 1 fully saturated rings. The van der Waals surface area contributed by atoms with Gasteiger partial charge in [0.25, 0.3) is 0 Å².